The molecule has 0 aliphatic rings. The van der Waals surface area contributed by atoms with Gasteiger partial charge in [0.05, 0.1) is 15.6 Å². The first-order valence-corrected chi connectivity index (χ1v) is 6.38. The quantitative estimate of drug-likeness (QED) is 0.900. The molecule has 0 aliphatic heterocycles. The average Bonchev–Trinajstić information content (AvgIpc) is 2.22. The van der Waals surface area contributed by atoms with Gasteiger partial charge in [0.1, 0.15) is 0 Å². The van der Waals surface area contributed by atoms with Gasteiger partial charge in [-0.3, -0.25) is 4.79 Å². The first kappa shape index (κ1) is 15.8. The number of hydrogen-bond donors (Lipinski definition) is 2. The van der Waals surface area contributed by atoms with Gasteiger partial charge in [-0.15, -0.1) is 0 Å². The molecule has 0 aromatic heterocycles. The molecule has 6 heteroatoms. The maximum Gasteiger partial charge on any atom is 0.338 e. The van der Waals surface area contributed by atoms with E-state index in [9.17, 15) is 9.59 Å². The minimum Gasteiger partial charge on any atom is -0.478 e. The van der Waals surface area contributed by atoms with Crippen LogP contribution in [0, 0.1) is 5.41 Å². The van der Waals surface area contributed by atoms with Crippen molar-refractivity contribution in [3.05, 3.63) is 33.3 Å². The summed E-state index contributed by atoms with van der Waals surface area (Å²) in [5.41, 5.74) is 0.0287. The molecular formula is C13H15Cl2NO3. The van der Waals surface area contributed by atoms with Crippen LogP contribution in [0.15, 0.2) is 12.1 Å². The molecule has 1 aromatic rings. The zero-order chi connectivity index (χ0) is 14.8. The maximum atomic E-state index is 11.7. The second-order valence-electron chi connectivity index (χ2n) is 5.17. The predicted octanol–water partition coefficient (Wildman–Crippen LogP) is 3.35. The lowest BCUT2D eigenvalue weighted by molar-refractivity contribution is -0.128. The molecule has 2 N–H and O–H groups in total. The van der Waals surface area contributed by atoms with Gasteiger partial charge in [0.25, 0.3) is 0 Å². The van der Waals surface area contributed by atoms with Crippen LogP contribution in [0.25, 0.3) is 0 Å². The fraction of sp³-hybridized carbons (Fsp3) is 0.385. The Bertz CT molecular complexity index is 498. The van der Waals surface area contributed by atoms with E-state index in [-0.39, 0.29) is 28.1 Å². The monoisotopic (exact) mass is 303 g/mol. The van der Waals surface area contributed by atoms with Crippen LogP contribution in [0.5, 0.6) is 0 Å². The van der Waals surface area contributed by atoms with Crippen LogP contribution in [0.3, 0.4) is 0 Å². The van der Waals surface area contributed by atoms with Gasteiger partial charge in [-0.25, -0.2) is 4.79 Å². The van der Waals surface area contributed by atoms with Crippen molar-refractivity contribution in [1.29, 1.82) is 0 Å². The zero-order valence-corrected chi connectivity index (χ0v) is 12.4. The third-order valence-electron chi connectivity index (χ3n) is 2.45. The van der Waals surface area contributed by atoms with E-state index < -0.39 is 11.4 Å². The van der Waals surface area contributed by atoms with E-state index in [4.69, 9.17) is 28.3 Å². The van der Waals surface area contributed by atoms with Gasteiger partial charge in [-0.1, -0.05) is 44.0 Å². The normalized spacial score (nSPS) is 11.2. The Morgan fingerprint density at radius 2 is 1.68 bits per heavy atom. The number of carbonyl (C=O) groups is 2. The first-order valence-electron chi connectivity index (χ1n) is 5.62. The standard InChI is InChI=1S/C13H15Cl2NO3/c1-13(2,3)12(19)16-6-7-4-8(14)10(11(17)18)9(15)5-7/h4-5H,6H2,1-3H3,(H,16,19)(H,17,18). The Morgan fingerprint density at radius 3 is 2.05 bits per heavy atom. The third-order valence-corrected chi connectivity index (χ3v) is 3.05. The number of benzene rings is 1. The summed E-state index contributed by atoms with van der Waals surface area (Å²) in [5.74, 6) is -1.29. The van der Waals surface area contributed by atoms with Crippen molar-refractivity contribution < 1.29 is 14.7 Å². The van der Waals surface area contributed by atoms with Gasteiger partial charge in [0.2, 0.25) is 5.91 Å². The molecule has 0 bridgehead atoms. The van der Waals surface area contributed by atoms with E-state index in [0.29, 0.717) is 5.56 Å². The Labute approximate surface area is 121 Å². The van der Waals surface area contributed by atoms with Crippen molar-refractivity contribution in [2.75, 3.05) is 0 Å². The van der Waals surface area contributed by atoms with Gasteiger partial charge < -0.3 is 10.4 Å². The summed E-state index contributed by atoms with van der Waals surface area (Å²) in [4.78, 5) is 22.6. The lowest BCUT2D eigenvalue weighted by Gasteiger charge is -2.18. The van der Waals surface area contributed by atoms with Crippen molar-refractivity contribution in [2.45, 2.75) is 27.3 Å². The van der Waals surface area contributed by atoms with Gasteiger partial charge in [-0.2, -0.15) is 0 Å². The molecule has 104 valence electrons. The topological polar surface area (TPSA) is 66.4 Å². The molecule has 0 saturated carbocycles. The number of carbonyl (C=O) groups excluding carboxylic acids is 1. The Morgan fingerprint density at radius 1 is 1.21 bits per heavy atom. The Balaban J connectivity index is 2.88. The number of hydrogen-bond acceptors (Lipinski definition) is 2. The summed E-state index contributed by atoms with van der Waals surface area (Å²) in [6, 6.07) is 2.97. The summed E-state index contributed by atoms with van der Waals surface area (Å²) < 4.78 is 0. The summed E-state index contributed by atoms with van der Waals surface area (Å²) in [5, 5.41) is 11.8. The minimum atomic E-state index is -1.18. The van der Waals surface area contributed by atoms with Gasteiger partial charge in [-0.05, 0) is 17.7 Å². The van der Waals surface area contributed by atoms with Crippen LogP contribution in [0.4, 0.5) is 0 Å². The molecule has 0 aliphatic carbocycles. The van der Waals surface area contributed by atoms with Crippen molar-refractivity contribution >= 4 is 35.1 Å². The molecule has 1 rings (SSSR count). The van der Waals surface area contributed by atoms with E-state index in [2.05, 4.69) is 5.32 Å². The zero-order valence-electron chi connectivity index (χ0n) is 10.9. The van der Waals surface area contributed by atoms with Crippen molar-refractivity contribution in [1.82, 2.24) is 5.32 Å². The van der Waals surface area contributed by atoms with Gasteiger partial charge >= 0.3 is 5.97 Å². The molecule has 0 unspecified atom stereocenters. The SMILES string of the molecule is CC(C)(C)C(=O)NCc1cc(Cl)c(C(=O)O)c(Cl)c1. The molecule has 0 spiro atoms. The summed E-state index contributed by atoms with van der Waals surface area (Å²) in [7, 11) is 0. The number of nitrogens with one attached hydrogen (secondary N) is 1. The number of rotatable bonds is 3. The van der Waals surface area contributed by atoms with Crippen LogP contribution >= 0.6 is 23.2 Å². The molecule has 1 amide bonds. The van der Waals surface area contributed by atoms with E-state index in [0.717, 1.165) is 0 Å². The minimum absolute atomic E-state index is 0.0556. The highest BCUT2D eigenvalue weighted by Crippen LogP contribution is 2.26. The summed E-state index contributed by atoms with van der Waals surface area (Å²) in [6.45, 7) is 5.65. The smallest absolute Gasteiger partial charge is 0.338 e. The predicted molar refractivity (Wildman–Crippen MR) is 74.7 cm³/mol. The van der Waals surface area contributed by atoms with E-state index in [1.54, 1.807) is 20.8 Å². The number of aromatic carboxylic acids is 1. The molecule has 19 heavy (non-hydrogen) atoms. The molecule has 1 aromatic carbocycles. The highest BCUT2D eigenvalue weighted by Gasteiger charge is 2.21. The van der Waals surface area contributed by atoms with E-state index in [1.807, 2.05) is 0 Å². The molecule has 0 heterocycles. The lowest BCUT2D eigenvalue weighted by atomic mass is 9.95. The second kappa shape index (κ2) is 5.80. The third kappa shape index (κ3) is 4.11. The van der Waals surface area contributed by atoms with Crippen molar-refractivity contribution in [3.63, 3.8) is 0 Å². The highest BCUT2D eigenvalue weighted by molar-refractivity contribution is 6.39. The number of halogens is 2. The largest absolute Gasteiger partial charge is 0.478 e. The molecule has 0 fully saturated rings. The van der Waals surface area contributed by atoms with E-state index >= 15 is 0 Å². The van der Waals surface area contributed by atoms with Gasteiger partial charge in [0, 0.05) is 12.0 Å². The van der Waals surface area contributed by atoms with Crippen LogP contribution in [0.1, 0.15) is 36.7 Å². The van der Waals surface area contributed by atoms with Crippen LogP contribution < -0.4 is 5.32 Å². The second-order valence-corrected chi connectivity index (χ2v) is 5.99. The van der Waals surface area contributed by atoms with Crippen molar-refractivity contribution in [3.8, 4) is 0 Å². The molecular weight excluding hydrogens is 289 g/mol. The van der Waals surface area contributed by atoms with Gasteiger partial charge in [0.15, 0.2) is 0 Å². The molecule has 0 radical (unpaired) electrons. The Kier molecular flexibility index (Phi) is 4.82. The van der Waals surface area contributed by atoms with Crippen LogP contribution in [0.2, 0.25) is 10.0 Å². The Hall–Kier alpha value is -1.26. The summed E-state index contributed by atoms with van der Waals surface area (Å²) in [6.07, 6.45) is 0. The number of carboxylic acid groups (broad SMARTS) is 1. The van der Waals surface area contributed by atoms with E-state index in [1.165, 1.54) is 12.1 Å². The first-order chi connectivity index (χ1) is 8.62. The molecule has 4 nitrogen and oxygen atoms in total. The average molecular weight is 304 g/mol. The highest BCUT2D eigenvalue weighted by atomic mass is 35.5. The maximum absolute atomic E-state index is 11.7. The van der Waals surface area contributed by atoms with Crippen LogP contribution in [-0.4, -0.2) is 17.0 Å². The number of amides is 1. The van der Waals surface area contributed by atoms with Crippen molar-refractivity contribution in [2.24, 2.45) is 5.41 Å². The molecule has 0 saturated heterocycles. The lowest BCUT2D eigenvalue weighted by Crippen LogP contribution is -2.34. The fourth-order valence-corrected chi connectivity index (χ4v) is 2.07. The number of carboxylic acids is 1. The molecule has 0 atom stereocenters. The summed E-state index contributed by atoms with van der Waals surface area (Å²) >= 11 is 11.7. The fourth-order valence-electron chi connectivity index (χ4n) is 1.38. The van der Waals surface area contributed by atoms with Crippen LogP contribution in [-0.2, 0) is 11.3 Å².